The molecule has 0 fully saturated rings. The third-order valence-corrected chi connectivity index (χ3v) is 33.1. The molecule has 6 rings (SSSR count). The van der Waals surface area contributed by atoms with Crippen molar-refractivity contribution in [2.75, 3.05) is 21.3 Å². The van der Waals surface area contributed by atoms with Gasteiger partial charge in [-0.25, -0.2) is 19.2 Å². The molecule has 0 aromatic carbocycles. The Labute approximate surface area is 499 Å². The second-order valence-electron chi connectivity index (χ2n) is 21.6. The molecule has 23 heteroatoms. The van der Waals surface area contributed by atoms with Crippen molar-refractivity contribution in [3.8, 4) is 0 Å². The van der Waals surface area contributed by atoms with E-state index in [4.69, 9.17) is 28.6 Å². The zero-order chi connectivity index (χ0) is 59.7. The van der Waals surface area contributed by atoms with Crippen LogP contribution in [0.25, 0.3) is 0 Å². The molecular formula is C55H83BrO13S6Si3. The first kappa shape index (κ1) is 73.0. The number of hydrogen-bond donors (Lipinski definition) is 3. The molecule has 0 amide bonds. The SMILES string of the molecule is CC(C)(C)[Si](C)(C)OCc1ccc(C(=O)O)s1.CC(C)(C)[Si](C)(C)OCc1cccs1.COC(=O)c1ccc(CBr)s1.COC(=O)c1ccc(CO)s1.COC(=O)c1ccc(CO[Si](C)(C)C(C)(C)C)s1.OCc1cccs1. The van der Waals surface area contributed by atoms with Gasteiger partial charge in [0, 0.05) is 34.6 Å². The van der Waals surface area contributed by atoms with Gasteiger partial charge in [0.05, 0.1) is 54.4 Å². The number of aliphatic hydroxyl groups is 2. The van der Waals surface area contributed by atoms with Gasteiger partial charge in [-0.1, -0.05) is 90.4 Å². The Kier molecular flexibility index (Phi) is 32.3. The number of alkyl halides is 1. The molecule has 0 radical (unpaired) electrons. The minimum absolute atomic E-state index is 0.0261. The van der Waals surface area contributed by atoms with E-state index in [9.17, 15) is 19.2 Å². The molecule has 0 saturated heterocycles. The fourth-order valence-electron chi connectivity index (χ4n) is 4.77. The zero-order valence-corrected chi connectivity index (χ0v) is 58.1. The lowest BCUT2D eigenvalue weighted by molar-refractivity contribution is 0.0597. The van der Waals surface area contributed by atoms with Gasteiger partial charge in [-0.3, -0.25) is 0 Å². The second-order valence-corrected chi connectivity index (χ2v) is 43.3. The van der Waals surface area contributed by atoms with E-state index in [1.165, 1.54) is 71.6 Å². The van der Waals surface area contributed by atoms with E-state index in [0.717, 1.165) is 36.3 Å². The number of thiophene rings is 6. The minimum atomic E-state index is -1.75. The number of hydrogen-bond acceptors (Lipinski definition) is 18. The Morgan fingerprint density at radius 2 is 0.744 bits per heavy atom. The molecule has 436 valence electrons. The summed E-state index contributed by atoms with van der Waals surface area (Å²) in [6.07, 6.45) is 0. The van der Waals surface area contributed by atoms with Gasteiger partial charge < -0.3 is 42.8 Å². The molecular weight excluding hydrogens is 1230 g/mol. The van der Waals surface area contributed by atoms with Crippen molar-refractivity contribution in [1.29, 1.82) is 0 Å². The number of carbonyl (C=O) groups is 4. The minimum Gasteiger partial charge on any atom is -0.477 e. The average Bonchev–Trinajstić information content (AvgIpc) is 4.24. The molecule has 6 heterocycles. The van der Waals surface area contributed by atoms with Crippen LogP contribution in [0.3, 0.4) is 0 Å². The largest absolute Gasteiger partial charge is 0.477 e. The van der Waals surface area contributed by atoms with E-state index in [1.807, 2.05) is 35.7 Å². The number of esters is 3. The number of ether oxygens (including phenoxy) is 3. The monoisotopic (exact) mass is 1310 g/mol. The smallest absolute Gasteiger partial charge is 0.348 e. The molecule has 0 aliphatic carbocycles. The second kappa shape index (κ2) is 34.5. The Hall–Kier alpha value is -2.99. The van der Waals surface area contributed by atoms with Crippen molar-refractivity contribution in [3.05, 3.63) is 132 Å². The van der Waals surface area contributed by atoms with Crippen LogP contribution in [0.5, 0.6) is 0 Å². The van der Waals surface area contributed by atoms with Crippen molar-refractivity contribution < 1.29 is 62.0 Å². The Morgan fingerprint density at radius 1 is 0.449 bits per heavy atom. The lowest BCUT2D eigenvalue weighted by atomic mass is 10.2. The molecule has 6 aromatic heterocycles. The van der Waals surface area contributed by atoms with Gasteiger partial charge in [0.1, 0.15) is 19.5 Å². The summed E-state index contributed by atoms with van der Waals surface area (Å²) in [6, 6.07) is 22.3. The number of aromatic carboxylic acids is 1. The van der Waals surface area contributed by atoms with Crippen LogP contribution in [0.2, 0.25) is 54.4 Å². The molecule has 3 N–H and O–H groups in total. The fourth-order valence-corrected chi connectivity index (χ4v) is 12.8. The summed E-state index contributed by atoms with van der Waals surface area (Å²) in [6.45, 7) is 35.5. The fraction of sp³-hybridized carbons (Fsp3) is 0.491. The molecule has 78 heavy (non-hydrogen) atoms. The normalized spacial score (nSPS) is 11.6. The summed E-state index contributed by atoms with van der Waals surface area (Å²) >= 11 is 12.1. The maximum atomic E-state index is 11.3. The topological polar surface area (TPSA) is 184 Å². The maximum Gasteiger partial charge on any atom is 0.348 e. The number of methoxy groups -OCH3 is 3. The first-order chi connectivity index (χ1) is 36.1. The molecule has 0 aliphatic rings. The number of rotatable bonds is 16. The maximum absolute atomic E-state index is 11.3. The molecule has 0 unspecified atom stereocenters. The van der Waals surface area contributed by atoms with Gasteiger partial charge in [0.25, 0.3) is 0 Å². The summed E-state index contributed by atoms with van der Waals surface area (Å²) in [5, 5.41) is 31.5. The molecule has 0 bridgehead atoms. The Bertz CT molecular complexity index is 2600. The van der Waals surface area contributed by atoms with Crippen molar-refractivity contribution in [2.24, 2.45) is 0 Å². The first-order valence-electron chi connectivity index (χ1n) is 24.7. The van der Waals surface area contributed by atoms with Crippen LogP contribution in [0.4, 0.5) is 0 Å². The van der Waals surface area contributed by atoms with Crippen molar-refractivity contribution in [2.45, 2.75) is 155 Å². The summed E-state index contributed by atoms with van der Waals surface area (Å²) < 4.78 is 31.9. The molecule has 6 aromatic rings. The van der Waals surface area contributed by atoms with Crippen molar-refractivity contribution >= 4 is 133 Å². The summed E-state index contributed by atoms with van der Waals surface area (Å²) in [5.74, 6) is -1.76. The molecule has 0 saturated carbocycles. The van der Waals surface area contributed by atoms with Gasteiger partial charge in [-0.15, -0.1) is 68.0 Å². The van der Waals surface area contributed by atoms with E-state index < -0.39 is 30.9 Å². The number of carboxylic acid groups (broad SMARTS) is 1. The van der Waals surface area contributed by atoms with Gasteiger partial charge >= 0.3 is 23.9 Å². The zero-order valence-electron chi connectivity index (χ0n) is 48.6. The average molecular weight is 1310 g/mol. The third kappa shape index (κ3) is 26.3. The van der Waals surface area contributed by atoms with Gasteiger partial charge in [-0.2, -0.15) is 0 Å². The summed E-state index contributed by atoms with van der Waals surface area (Å²) in [7, 11) is -0.909. The van der Waals surface area contributed by atoms with Crippen LogP contribution >= 0.6 is 84.0 Å². The number of halogens is 1. The molecule has 0 atom stereocenters. The van der Waals surface area contributed by atoms with E-state index in [-0.39, 0.29) is 41.2 Å². The van der Waals surface area contributed by atoms with Crippen LogP contribution in [0, 0.1) is 0 Å². The predicted molar refractivity (Wildman–Crippen MR) is 337 cm³/mol. The highest BCUT2D eigenvalue weighted by Gasteiger charge is 2.39. The molecule has 0 aliphatic heterocycles. The van der Waals surface area contributed by atoms with Crippen LogP contribution in [0.1, 0.15) is 130 Å². The van der Waals surface area contributed by atoms with Crippen LogP contribution in [-0.4, -0.2) is 85.5 Å². The van der Waals surface area contributed by atoms with Crippen LogP contribution in [0.15, 0.2) is 83.6 Å². The van der Waals surface area contributed by atoms with E-state index in [1.54, 1.807) is 53.0 Å². The molecule has 13 nitrogen and oxygen atoms in total. The number of carbonyl (C=O) groups excluding carboxylic acids is 3. The quantitative estimate of drug-likeness (QED) is 0.0360. The van der Waals surface area contributed by atoms with Crippen LogP contribution in [-0.2, 0) is 65.9 Å². The summed E-state index contributed by atoms with van der Waals surface area (Å²) in [4.78, 5) is 52.3. The van der Waals surface area contributed by atoms with E-state index in [2.05, 4.69) is 149 Å². The van der Waals surface area contributed by atoms with E-state index >= 15 is 0 Å². The Morgan fingerprint density at radius 3 is 1.00 bits per heavy atom. The predicted octanol–water partition coefficient (Wildman–Crippen LogP) is 17.0. The lowest BCUT2D eigenvalue weighted by Crippen LogP contribution is -2.40. The standard InChI is InChI=1S/C13H22O3SSi.C12H20O3SSi.C11H20OSSi.C7H7BrO2S.C7H8O3S.C5H6OS/c1-13(2,3)18(5,6)16-9-10-7-8-11(17-10)12(14)15-4;1-12(2,3)17(4,5)15-8-9-6-7-10(16-9)11(13)14;1-11(2,3)14(4,5)12-9-10-7-6-8-13-10;2*1-10-7(9)6-3-2-5(4-8)11-6;6-4-5-2-1-3-7-5/h7-8H,9H2,1-6H3;6-7H,8H2,1-5H3,(H,13,14);6-8H,9H2,1-5H3;2-3H,4H2,1H3;2-3,8H,4H2,1H3;1-3,6H,4H2. The third-order valence-electron chi connectivity index (χ3n) is 12.8. The van der Waals surface area contributed by atoms with Crippen molar-refractivity contribution in [3.63, 3.8) is 0 Å². The van der Waals surface area contributed by atoms with Crippen molar-refractivity contribution in [1.82, 2.24) is 0 Å². The number of carboxylic acids is 1. The highest BCUT2D eigenvalue weighted by molar-refractivity contribution is 9.08. The highest BCUT2D eigenvalue weighted by Crippen LogP contribution is 2.39. The van der Waals surface area contributed by atoms with Gasteiger partial charge in [0.2, 0.25) is 0 Å². The highest BCUT2D eigenvalue weighted by atomic mass is 79.9. The molecule has 0 spiro atoms. The Balaban J connectivity index is 0.000000478. The van der Waals surface area contributed by atoms with Gasteiger partial charge in [0.15, 0.2) is 25.0 Å². The summed E-state index contributed by atoms with van der Waals surface area (Å²) in [5.41, 5.74) is 0. The van der Waals surface area contributed by atoms with Gasteiger partial charge in [-0.05, 0) is 126 Å². The van der Waals surface area contributed by atoms with E-state index in [0.29, 0.717) is 37.8 Å². The lowest BCUT2D eigenvalue weighted by Gasteiger charge is -2.36. The first-order valence-corrected chi connectivity index (χ1v) is 39.6. The number of aliphatic hydroxyl groups excluding tert-OH is 2. The van der Waals surface area contributed by atoms with Crippen LogP contribution < -0.4 is 0 Å².